The molecule has 17 heavy (non-hydrogen) atoms. The molecule has 0 aliphatic carbocycles. The van der Waals surface area contributed by atoms with Crippen LogP contribution in [0.15, 0.2) is 24.3 Å². The van der Waals surface area contributed by atoms with Crippen LogP contribution in [-0.2, 0) is 11.2 Å². The van der Waals surface area contributed by atoms with Gasteiger partial charge in [0.25, 0.3) is 0 Å². The standard InChI is InChI=1S/C13H18N2O2/c14-11-4-1-3-10(7-11)8-13(17)15-6-2-5-12(16)9-15/h1,3-4,7,12,16H,2,5-6,8-9,14H2. The molecule has 1 atom stereocenters. The summed E-state index contributed by atoms with van der Waals surface area (Å²) in [6, 6.07) is 7.37. The lowest BCUT2D eigenvalue weighted by Gasteiger charge is -2.30. The fraction of sp³-hybridized carbons (Fsp3) is 0.462. The van der Waals surface area contributed by atoms with Gasteiger partial charge in [-0.2, -0.15) is 0 Å². The molecule has 0 aromatic heterocycles. The molecule has 0 bridgehead atoms. The molecule has 1 heterocycles. The fourth-order valence-electron chi connectivity index (χ4n) is 2.17. The van der Waals surface area contributed by atoms with Crippen LogP contribution in [0.5, 0.6) is 0 Å². The van der Waals surface area contributed by atoms with Gasteiger partial charge in [0.2, 0.25) is 5.91 Å². The Kier molecular flexibility index (Phi) is 3.64. The number of hydrogen-bond acceptors (Lipinski definition) is 3. The van der Waals surface area contributed by atoms with Crippen LogP contribution in [0.2, 0.25) is 0 Å². The number of carbonyl (C=O) groups is 1. The number of nitrogen functional groups attached to an aromatic ring is 1. The first kappa shape index (κ1) is 11.9. The molecule has 4 heteroatoms. The first-order chi connectivity index (χ1) is 8.15. The number of aliphatic hydroxyl groups excluding tert-OH is 1. The van der Waals surface area contributed by atoms with E-state index in [1.165, 1.54) is 0 Å². The van der Waals surface area contributed by atoms with E-state index < -0.39 is 0 Å². The number of nitrogens with zero attached hydrogens (tertiary/aromatic N) is 1. The summed E-state index contributed by atoms with van der Waals surface area (Å²) in [5.74, 6) is 0.0642. The van der Waals surface area contributed by atoms with Crippen molar-refractivity contribution in [1.29, 1.82) is 0 Å². The predicted octanol–water partition coefficient (Wildman–Crippen LogP) is 0.795. The zero-order chi connectivity index (χ0) is 12.3. The summed E-state index contributed by atoms with van der Waals surface area (Å²) in [5.41, 5.74) is 7.27. The van der Waals surface area contributed by atoms with Gasteiger partial charge in [-0.3, -0.25) is 4.79 Å². The van der Waals surface area contributed by atoms with Gasteiger partial charge >= 0.3 is 0 Å². The highest BCUT2D eigenvalue weighted by molar-refractivity contribution is 5.79. The normalized spacial score (nSPS) is 20.3. The van der Waals surface area contributed by atoms with Gasteiger partial charge in [0, 0.05) is 18.8 Å². The van der Waals surface area contributed by atoms with Crippen molar-refractivity contribution >= 4 is 11.6 Å². The Morgan fingerprint density at radius 2 is 2.35 bits per heavy atom. The molecule has 3 N–H and O–H groups in total. The second-order valence-electron chi connectivity index (χ2n) is 4.56. The second kappa shape index (κ2) is 5.19. The Bertz CT molecular complexity index is 406. The van der Waals surface area contributed by atoms with E-state index >= 15 is 0 Å². The smallest absolute Gasteiger partial charge is 0.227 e. The zero-order valence-electron chi connectivity index (χ0n) is 9.80. The Morgan fingerprint density at radius 3 is 3.06 bits per heavy atom. The third-order valence-electron chi connectivity index (χ3n) is 3.06. The molecule has 1 aromatic carbocycles. The van der Waals surface area contributed by atoms with Crippen LogP contribution < -0.4 is 5.73 Å². The molecule has 0 radical (unpaired) electrons. The topological polar surface area (TPSA) is 66.6 Å². The number of anilines is 1. The number of nitrogens with two attached hydrogens (primary N) is 1. The molecule has 92 valence electrons. The van der Waals surface area contributed by atoms with Crippen LogP contribution >= 0.6 is 0 Å². The van der Waals surface area contributed by atoms with Crippen molar-refractivity contribution in [3.8, 4) is 0 Å². The number of rotatable bonds is 2. The highest BCUT2D eigenvalue weighted by atomic mass is 16.3. The number of benzene rings is 1. The average Bonchev–Trinajstić information content (AvgIpc) is 2.29. The summed E-state index contributed by atoms with van der Waals surface area (Å²) in [4.78, 5) is 13.7. The molecule has 4 nitrogen and oxygen atoms in total. The van der Waals surface area contributed by atoms with Crippen molar-refractivity contribution < 1.29 is 9.90 Å². The molecule has 1 unspecified atom stereocenters. The van der Waals surface area contributed by atoms with Crippen LogP contribution in [0.1, 0.15) is 18.4 Å². The molecular weight excluding hydrogens is 216 g/mol. The number of aliphatic hydroxyl groups is 1. The molecular formula is C13H18N2O2. The summed E-state index contributed by atoms with van der Waals surface area (Å²) in [7, 11) is 0. The molecule has 1 saturated heterocycles. The van der Waals surface area contributed by atoms with E-state index in [9.17, 15) is 9.90 Å². The summed E-state index contributed by atoms with van der Waals surface area (Å²) < 4.78 is 0. The average molecular weight is 234 g/mol. The quantitative estimate of drug-likeness (QED) is 0.744. The SMILES string of the molecule is Nc1cccc(CC(=O)N2CCCC(O)C2)c1. The number of amides is 1. The molecule has 0 saturated carbocycles. The molecule has 2 rings (SSSR count). The van der Waals surface area contributed by atoms with Crippen LogP contribution in [0, 0.1) is 0 Å². The van der Waals surface area contributed by atoms with Crippen LogP contribution in [0.3, 0.4) is 0 Å². The van der Waals surface area contributed by atoms with Gasteiger partial charge < -0.3 is 15.7 Å². The van der Waals surface area contributed by atoms with E-state index in [-0.39, 0.29) is 12.0 Å². The maximum absolute atomic E-state index is 12.0. The van der Waals surface area contributed by atoms with Crippen molar-refractivity contribution in [2.24, 2.45) is 0 Å². The largest absolute Gasteiger partial charge is 0.399 e. The number of carbonyl (C=O) groups excluding carboxylic acids is 1. The second-order valence-corrected chi connectivity index (χ2v) is 4.56. The fourth-order valence-corrected chi connectivity index (χ4v) is 2.17. The Morgan fingerprint density at radius 1 is 1.53 bits per heavy atom. The van der Waals surface area contributed by atoms with Crippen molar-refractivity contribution in [2.75, 3.05) is 18.8 Å². The van der Waals surface area contributed by atoms with Gasteiger partial charge in [0.05, 0.1) is 12.5 Å². The highest BCUT2D eigenvalue weighted by Gasteiger charge is 2.21. The van der Waals surface area contributed by atoms with E-state index in [4.69, 9.17) is 5.73 Å². The van der Waals surface area contributed by atoms with E-state index in [0.717, 1.165) is 24.9 Å². The van der Waals surface area contributed by atoms with Crippen LogP contribution in [0.25, 0.3) is 0 Å². The van der Waals surface area contributed by atoms with Crippen molar-refractivity contribution in [3.63, 3.8) is 0 Å². The summed E-state index contributed by atoms with van der Waals surface area (Å²) >= 11 is 0. The number of β-amino-alcohol motifs (C(OH)–C–C–N with tert-alkyl or cyclic N) is 1. The number of piperidine rings is 1. The monoisotopic (exact) mass is 234 g/mol. The predicted molar refractivity (Wildman–Crippen MR) is 66.4 cm³/mol. The molecule has 1 fully saturated rings. The first-order valence-electron chi connectivity index (χ1n) is 5.95. The first-order valence-corrected chi connectivity index (χ1v) is 5.95. The molecule has 1 aliphatic rings. The third-order valence-corrected chi connectivity index (χ3v) is 3.06. The molecule has 1 aromatic rings. The minimum atomic E-state index is -0.367. The van der Waals surface area contributed by atoms with Crippen molar-refractivity contribution in [1.82, 2.24) is 4.90 Å². The van der Waals surface area contributed by atoms with Crippen molar-refractivity contribution in [2.45, 2.75) is 25.4 Å². The summed E-state index contributed by atoms with van der Waals surface area (Å²) in [6.45, 7) is 1.21. The van der Waals surface area contributed by atoms with Gasteiger partial charge in [-0.05, 0) is 30.5 Å². The van der Waals surface area contributed by atoms with E-state index in [1.54, 1.807) is 11.0 Å². The number of hydrogen-bond donors (Lipinski definition) is 2. The minimum absolute atomic E-state index is 0.0642. The Balaban J connectivity index is 1.96. The van der Waals surface area contributed by atoms with Gasteiger partial charge in [0.15, 0.2) is 0 Å². The summed E-state index contributed by atoms with van der Waals surface area (Å²) in [5, 5.41) is 9.52. The maximum atomic E-state index is 12.0. The Hall–Kier alpha value is -1.55. The Labute approximate surface area is 101 Å². The molecule has 1 aliphatic heterocycles. The highest BCUT2D eigenvalue weighted by Crippen LogP contribution is 2.13. The maximum Gasteiger partial charge on any atom is 0.227 e. The molecule has 0 spiro atoms. The van der Waals surface area contributed by atoms with Gasteiger partial charge in [-0.1, -0.05) is 12.1 Å². The van der Waals surface area contributed by atoms with E-state index in [2.05, 4.69) is 0 Å². The van der Waals surface area contributed by atoms with Crippen LogP contribution in [-0.4, -0.2) is 35.1 Å². The van der Waals surface area contributed by atoms with Gasteiger partial charge in [0.1, 0.15) is 0 Å². The van der Waals surface area contributed by atoms with Crippen LogP contribution in [0.4, 0.5) is 5.69 Å². The van der Waals surface area contributed by atoms with Gasteiger partial charge in [-0.15, -0.1) is 0 Å². The van der Waals surface area contributed by atoms with Crippen molar-refractivity contribution in [3.05, 3.63) is 29.8 Å². The lowest BCUT2D eigenvalue weighted by atomic mass is 10.1. The molecule has 1 amide bonds. The number of likely N-dealkylation sites (tertiary alicyclic amines) is 1. The van der Waals surface area contributed by atoms with Gasteiger partial charge in [-0.25, -0.2) is 0 Å². The zero-order valence-corrected chi connectivity index (χ0v) is 9.80. The van der Waals surface area contributed by atoms with E-state index in [0.29, 0.717) is 18.7 Å². The van der Waals surface area contributed by atoms with E-state index in [1.807, 2.05) is 18.2 Å². The third kappa shape index (κ3) is 3.20. The lowest BCUT2D eigenvalue weighted by Crippen LogP contribution is -2.42. The summed E-state index contributed by atoms with van der Waals surface area (Å²) in [6.07, 6.45) is 1.66. The minimum Gasteiger partial charge on any atom is -0.399 e. The lowest BCUT2D eigenvalue weighted by molar-refractivity contribution is -0.133.